The average molecular weight is 247 g/mol. The van der Waals surface area contributed by atoms with Gasteiger partial charge in [-0.3, -0.25) is 9.78 Å². The van der Waals surface area contributed by atoms with Gasteiger partial charge in [-0.2, -0.15) is 0 Å². The molecule has 98 valence electrons. The Hall–Kier alpha value is -1.42. The fourth-order valence-corrected chi connectivity index (χ4v) is 2.52. The summed E-state index contributed by atoms with van der Waals surface area (Å²) in [6.45, 7) is 2.42. The molecule has 1 aromatic rings. The lowest BCUT2D eigenvalue weighted by atomic mass is 9.81. The van der Waals surface area contributed by atoms with Crippen molar-refractivity contribution in [3.05, 3.63) is 29.6 Å². The van der Waals surface area contributed by atoms with Gasteiger partial charge in [0.1, 0.15) is 0 Å². The highest BCUT2D eigenvalue weighted by Gasteiger charge is 2.32. The van der Waals surface area contributed by atoms with Crippen molar-refractivity contribution in [3.63, 3.8) is 0 Å². The highest BCUT2D eigenvalue weighted by atomic mass is 16.1. The highest BCUT2D eigenvalue weighted by Crippen LogP contribution is 2.27. The summed E-state index contributed by atoms with van der Waals surface area (Å²) in [4.78, 5) is 16.3. The molecule has 1 amide bonds. The number of nitrogens with zero attached hydrogens (tertiary/aromatic N) is 1. The minimum absolute atomic E-state index is 0.0603. The third-order valence-electron chi connectivity index (χ3n) is 3.75. The Kier molecular flexibility index (Phi) is 3.97. The molecule has 1 aromatic heterocycles. The van der Waals surface area contributed by atoms with E-state index < -0.39 is 0 Å². The fourth-order valence-electron chi connectivity index (χ4n) is 2.52. The van der Waals surface area contributed by atoms with Crippen LogP contribution in [0.2, 0.25) is 0 Å². The Balaban J connectivity index is 2.07. The van der Waals surface area contributed by atoms with Gasteiger partial charge in [-0.05, 0) is 31.9 Å². The number of rotatable bonds is 3. The summed E-state index contributed by atoms with van der Waals surface area (Å²) in [5.74, 6) is -0.0603. The van der Waals surface area contributed by atoms with Gasteiger partial charge >= 0.3 is 0 Å². The molecule has 18 heavy (non-hydrogen) atoms. The molecule has 0 bridgehead atoms. The number of hydrogen-bond acceptors (Lipinski definition) is 3. The minimum atomic E-state index is -0.208. The van der Waals surface area contributed by atoms with E-state index in [0.29, 0.717) is 12.1 Å². The van der Waals surface area contributed by atoms with E-state index in [1.165, 1.54) is 6.42 Å². The van der Waals surface area contributed by atoms with Gasteiger partial charge in [-0.15, -0.1) is 0 Å². The predicted octanol–water partition coefficient (Wildman–Crippen LogP) is 1.78. The summed E-state index contributed by atoms with van der Waals surface area (Å²) in [6, 6.07) is 3.66. The van der Waals surface area contributed by atoms with Crippen molar-refractivity contribution >= 4 is 5.91 Å². The van der Waals surface area contributed by atoms with Gasteiger partial charge < -0.3 is 11.1 Å². The molecule has 0 atom stereocenters. The van der Waals surface area contributed by atoms with Gasteiger partial charge in [0, 0.05) is 18.4 Å². The summed E-state index contributed by atoms with van der Waals surface area (Å²) in [5.41, 5.74) is 7.18. The van der Waals surface area contributed by atoms with Gasteiger partial charge in [0.15, 0.2) is 0 Å². The second kappa shape index (κ2) is 5.48. The molecule has 0 radical (unpaired) electrons. The Morgan fingerprint density at radius 2 is 2.11 bits per heavy atom. The van der Waals surface area contributed by atoms with E-state index >= 15 is 0 Å². The monoisotopic (exact) mass is 247 g/mol. The predicted molar refractivity (Wildman–Crippen MR) is 71.3 cm³/mol. The van der Waals surface area contributed by atoms with Gasteiger partial charge in [0.25, 0.3) is 5.91 Å². The normalized spacial score (nSPS) is 18.3. The number of nitrogens with one attached hydrogen (secondary N) is 1. The van der Waals surface area contributed by atoms with Crippen LogP contribution in [0.5, 0.6) is 0 Å². The van der Waals surface area contributed by atoms with Gasteiger partial charge in [0.2, 0.25) is 0 Å². The molecule has 3 N–H and O–H groups in total. The molecule has 0 spiro atoms. The molecule has 1 saturated carbocycles. The molecule has 1 fully saturated rings. The SMILES string of the molecule is Cc1ccc(C(=O)NC2(CN)CCCCC2)cn1. The summed E-state index contributed by atoms with van der Waals surface area (Å²) in [7, 11) is 0. The van der Waals surface area contributed by atoms with Crippen molar-refractivity contribution in [2.75, 3.05) is 6.54 Å². The summed E-state index contributed by atoms with van der Waals surface area (Å²) < 4.78 is 0. The molecule has 1 aliphatic carbocycles. The zero-order valence-corrected chi connectivity index (χ0v) is 10.9. The molecule has 0 aromatic carbocycles. The fraction of sp³-hybridized carbons (Fsp3) is 0.571. The van der Waals surface area contributed by atoms with E-state index in [0.717, 1.165) is 31.4 Å². The molecule has 2 rings (SSSR count). The molecule has 0 unspecified atom stereocenters. The lowest BCUT2D eigenvalue weighted by Crippen LogP contribution is -2.54. The van der Waals surface area contributed by atoms with E-state index in [2.05, 4.69) is 10.3 Å². The van der Waals surface area contributed by atoms with E-state index in [9.17, 15) is 4.79 Å². The summed E-state index contributed by atoms with van der Waals surface area (Å²) in [6.07, 6.45) is 7.11. The molecular formula is C14H21N3O. The van der Waals surface area contributed by atoms with E-state index in [1.54, 1.807) is 6.20 Å². The molecule has 0 aliphatic heterocycles. The summed E-state index contributed by atoms with van der Waals surface area (Å²) in [5, 5.41) is 3.11. The zero-order chi connectivity index (χ0) is 13.0. The zero-order valence-electron chi connectivity index (χ0n) is 10.9. The highest BCUT2D eigenvalue weighted by molar-refractivity contribution is 5.94. The van der Waals surface area contributed by atoms with Crippen molar-refractivity contribution in [1.82, 2.24) is 10.3 Å². The first-order valence-corrected chi connectivity index (χ1v) is 6.60. The number of carbonyl (C=O) groups excluding carboxylic acids is 1. The van der Waals surface area contributed by atoms with Crippen LogP contribution in [0.1, 0.15) is 48.2 Å². The third kappa shape index (κ3) is 2.88. The first-order chi connectivity index (χ1) is 8.65. The molecular weight excluding hydrogens is 226 g/mol. The number of pyridine rings is 1. The first kappa shape index (κ1) is 13.0. The topological polar surface area (TPSA) is 68.0 Å². The van der Waals surface area contributed by atoms with Crippen LogP contribution in [0, 0.1) is 6.92 Å². The first-order valence-electron chi connectivity index (χ1n) is 6.60. The standard InChI is InChI=1S/C14H21N3O/c1-11-5-6-12(9-16-11)13(18)17-14(10-15)7-3-2-4-8-14/h5-6,9H,2-4,7-8,10,15H2,1H3,(H,17,18). The van der Waals surface area contributed by atoms with Crippen molar-refractivity contribution in [2.24, 2.45) is 5.73 Å². The molecule has 1 aliphatic rings. The average Bonchev–Trinajstić information content (AvgIpc) is 2.40. The Morgan fingerprint density at radius 3 is 2.67 bits per heavy atom. The maximum absolute atomic E-state index is 12.2. The van der Waals surface area contributed by atoms with Crippen LogP contribution in [0.3, 0.4) is 0 Å². The largest absolute Gasteiger partial charge is 0.345 e. The third-order valence-corrected chi connectivity index (χ3v) is 3.75. The minimum Gasteiger partial charge on any atom is -0.345 e. The smallest absolute Gasteiger partial charge is 0.253 e. The second-order valence-electron chi connectivity index (χ2n) is 5.19. The number of hydrogen-bond donors (Lipinski definition) is 2. The van der Waals surface area contributed by atoms with Gasteiger partial charge in [-0.25, -0.2) is 0 Å². The summed E-state index contributed by atoms with van der Waals surface area (Å²) >= 11 is 0. The van der Waals surface area contributed by atoms with Crippen LogP contribution >= 0.6 is 0 Å². The van der Waals surface area contributed by atoms with Crippen LogP contribution in [-0.4, -0.2) is 23.0 Å². The van der Waals surface area contributed by atoms with Crippen LogP contribution in [-0.2, 0) is 0 Å². The Morgan fingerprint density at radius 1 is 1.39 bits per heavy atom. The van der Waals surface area contributed by atoms with Crippen molar-refractivity contribution in [3.8, 4) is 0 Å². The number of nitrogens with two attached hydrogens (primary N) is 1. The molecule has 0 saturated heterocycles. The number of carbonyl (C=O) groups is 1. The van der Waals surface area contributed by atoms with Crippen molar-refractivity contribution < 1.29 is 4.79 Å². The Labute approximate surface area is 108 Å². The van der Waals surface area contributed by atoms with Crippen molar-refractivity contribution in [2.45, 2.75) is 44.6 Å². The molecule has 4 nitrogen and oxygen atoms in total. The number of aromatic nitrogens is 1. The van der Waals surface area contributed by atoms with Crippen LogP contribution in [0.15, 0.2) is 18.3 Å². The van der Waals surface area contributed by atoms with Crippen LogP contribution < -0.4 is 11.1 Å². The maximum atomic E-state index is 12.2. The van der Waals surface area contributed by atoms with Gasteiger partial charge in [-0.1, -0.05) is 19.3 Å². The number of aryl methyl sites for hydroxylation is 1. The van der Waals surface area contributed by atoms with Crippen LogP contribution in [0.4, 0.5) is 0 Å². The lowest BCUT2D eigenvalue weighted by Gasteiger charge is -2.37. The Bertz CT molecular complexity index is 408. The van der Waals surface area contributed by atoms with Gasteiger partial charge in [0.05, 0.1) is 11.1 Å². The molecule has 4 heteroatoms. The van der Waals surface area contributed by atoms with E-state index in [1.807, 2.05) is 19.1 Å². The van der Waals surface area contributed by atoms with Crippen molar-refractivity contribution in [1.29, 1.82) is 0 Å². The number of amides is 1. The lowest BCUT2D eigenvalue weighted by molar-refractivity contribution is 0.0874. The second-order valence-corrected chi connectivity index (χ2v) is 5.19. The van der Waals surface area contributed by atoms with E-state index in [4.69, 9.17) is 5.73 Å². The van der Waals surface area contributed by atoms with E-state index in [-0.39, 0.29) is 11.4 Å². The molecule has 1 heterocycles. The quantitative estimate of drug-likeness (QED) is 0.855. The van der Waals surface area contributed by atoms with Crippen LogP contribution in [0.25, 0.3) is 0 Å². The maximum Gasteiger partial charge on any atom is 0.253 e.